The van der Waals surface area contributed by atoms with E-state index in [0.29, 0.717) is 11.7 Å². The first kappa shape index (κ1) is 12.8. The van der Waals surface area contributed by atoms with Crippen LogP contribution in [0, 0.1) is 11.8 Å². The van der Waals surface area contributed by atoms with Gasteiger partial charge in [-0.15, -0.1) is 0 Å². The van der Waals surface area contributed by atoms with Crippen LogP contribution in [0.15, 0.2) is 24.3 Å². The highest BCUT2D eigenvalue weighted by molar-refractivity contribution is 5.77. The first-order valence-corrected chi connectivity index (χ1v) is 5.77. The molecule has 0 saturated carbocycles. The van der Waals surface area contributed by atoms with Crippen LogP contribution in [0.5, 0.6) is 5.75 Å². The van der Waals surface area contributed by atoms with Crippen LogP contribution in [0.25, 0.3) is 0 Å². The molecule has 0 aliphatic rings. The van der Waals surface area contributed by atoms with E-state index in [1.807, 2.05) is 19.1 Å². The molecular formula is C14H20O2. The minimum absolute atomic E-state index is 0.145. The fourth-order valence-electron chi connectivity index (χ4n) is 1.89. The van der Waals surface area contributed by atoms with Crippen LogP contribution in [0.3, 0.4) is 0 Å². The Balaban J connectivity index is 2.48. The molecule has 2 heteroatoms. The highest BCUT2D eigenvalue weighted by atomic mass is 16.3. The maximum Gasteiger partial charge on any atom is 0.132 e. The summed E-state index contributed by atoms with van der Waals surface area (Å²) in [5.74, 6) is 1.20. The minimum Gasteiger partial charge on any atom is -0.508 e. The summed E-state index contributed by atoms with van der Waals surface area (Å²) in [4.78, 5) is 11.1. The van der Waals surface area contributed by atoms with Crippen LogP contribution in [0.1, 0.15) is 32.8 Å². The Morgan fingerprint density at radius 2 is 1.81 bits per heavy atom. The number of Topliss-reactive ketones (excluding diaryl/α,β-unsaturated/α-hetero) is 1. The molecule has 16 heavy (non-hydrogen) atoms. The molecule has 0 aliphatic heterocycles. The smallest absolute Gasteiger partial charge is 0.132 e. The van der Waals surface area contributed by atoms with Gasteiger partial charge in [-0.2, -0.15) is 0 Å². The predicted octanol–water partition coefficient (Wildman–Crippen LogP) is 3.19. The second-order valence-electron chi connectivity index (χ2n) is 4.72. The zero-order valence-corrected chi connectivity index (χ0v) is 10.2. The van der Waals surface area contributed by atoms with Crippen molar-refractivity contribution in [2.24, 2.45) is 11.8 Å². The molecule has 0 aromatic heterocycles. The largest absolute Gasteiger partial charge is 0.508 e. The molecule has 88 valence electrons. The summed E-state index contributed by atoms with van der Waals surface area (Å²) in [6, 6.07) is 7.28. The molecule has 0 radical (unpaired) electrons. The molecule has 1 aromatic rings. The lowest BCUT2D eigenvalue weighted by atomic mass is 9.90. The fraction of sp³-hybridized carbons (Fsp3) is 0.500. The van der Waals surface area contributed by atoms with Crippen LogP contribution in [-0.2, 0) is 11.2 Å². The third-order valence-electron chi connectivity index (χ3n) is 2.97. The first-order valence-electron chi connectivity index (χ1n) is 5.77. The third-order valence-corrected chi connectivity index (χ3v) is 2.97. The van der Waals surface area contributed by atoms with E-state index in [1.165, 1.54) is 5.56 Å². The van der Waals surface area contributed by atoms with Gasteiger partial charge in [0.1, 0.15) is 11.5 Å². The van der Waals surface area contributed by atoms with Gasteiger partial charge in [0.15, 0.2) is 0 Å². The Morgan fingerprint density at radius 1 is 1.25 bits per heavy atom. The predicted molar refractivity (Wildman–Crippen MR) is 65.4 cm³/mol. The van der Waals surface area contributed by atoms with Gasteiger partial charge in [-0.3, -0.25) is 4.79 Å². The van der Waals surface area contributed by atoms with Gasteiger partial charge in [0.25, 0.3) is 0 Å². The monoisotopic (exact) mass is 220 g/mol. The standard InChI is InChI=1S/C14H20O2/c1-10(8-11(2)12(3)15)9-13-4-6-14(16)7-5-13/h4-7,10-11,16H,8-9H2,1-3H3/t10-,11+/m1/s1. The Kier molecular flexibility index (Phi) is 4.53. The van der Waals surface area contributed by atoms with Crippen molar-refractivity contribution in [2.75, 3.05) is 0 Å². The first-order chi connectivity index (χ1) is 7.49. The molecule has 2 nitrogen and oxygen atoms in total. The van der Waals surface area contributed by atoms with Crippen molar-refractivity contribution in [1.82, 2.24) is 0 Å². The highest BCUT2D eigenvalue weighted by Gasteiger charge is 2.12. The SMILES string of the molecule is CC(=O)[C@@H](C)C[C@@H](C)Cc1ccc(O)cc1. The van der Waals surface area contributed by atoms with Gasteiger partial charge in [-0.25, -0.2) is 0 Å². The summed E-state index contributed by atoms with van der Waals surface area (Å²) in [5.41, 5.74) is 1.21. The number of carbonyl (C=O) groups excluding carboxylic acids is 1. The second kappa shape index (κ2) is 5.69. The number of carbonyl (C=O) groups is 1. The number of hydrogen-bond acceptors (Lipinski definition) is 2. The number of phenolic OH excluding ortho intramolecular Hbond substituents is 1. The minimum atomic E-state index is 0.145. The van der Waals surface area contributed by atoms with E-state index in [0.717, 1.165) is 12.8 Å². The Bertz CT molecular complexity index is 340. The van der Waals surface area contributed by atoms with E-state index in [1.54, 1.807) is 19.1 Å². The average molecular weight is 220 g/mol. The van der Waals surface area contributed by atoms with E-state index < -0.39 is 0 Å². The summed E-state index contributed by atoms with van der Waals surface area (Å²) < 4.78 is 0. The van der Waals surface area contributed by atoms with Gasteiger partial charge < -0.3 is 5.11 Å². The molecule has 0 spiro atoms. The summed E-state index contributed by atoms with van der Waals surface area (Å²) in [6.07, 6.45) is 1.88. The molecule has 1 rings (SSSR count). The molecule has 1 aromatic carbocycles. The van der Waals surface area contributed by atoms with E-state index >= 15 is 0 Å². The lowest BCUT2D eigenvalue weighted by molar-refractivity contribution is -0.120. The number of hydrogen-bond donors (Lipinski definition) is 1. The van der Waals surface area contributed by atoms with Crippen molar-refractivity contribution in [2.45, 2.75) is 33.6 Å². The van der Waals surface area contributed by atoms with Crippen molar-refractivity contribution in [1.29, 1.82) is 0 Å². The van der Waals surface area contributed by atoms with Crippen molar-refractivity contribution in [3.63, 3.8) is 0 Å². The Morgan fingerprint density at radius 3 is 2.31 bits per heavy atom. The van der Waals surface area contributed by atoms with Crippen molar-refractivity contribution in [3.05, 3.63) is 29.8 Å². The zero-order valence-electron chi connectivity index (χ0n) is 10.2. The lowest BCUT2D eigenvalue weighted by Gasteiger charge is -2.15. The summed E-state index contributed by atoms with van der Waals surface area (Å²) >= 11 is 0. The summed E-state index contributed by atoms with van der Waals surface area (Å²) in [7, 11) is 0. The highest BCUT2D eigenvalue weighted by Crippen LogP contribution is 2.19. The van der Waals surface area contributed by atoms with Crippen LogP contribution >= 0.6 is 0 Å². The molecule has 0 amide bonds. The van der Waals surface area contributed by atoms with Crippen LogP contribution < -0.4 is 0 Å². The Hall–Kier alpha value is -1.31. The zero-order chi connectivity index (χ0) is 12.1. The topological polar surface area (TPSA) is 37.3 Å². The number of benzene rings is 1. The van der Waals surface area contributed by atoms with Gasteiger partial charge in [0.05, 0.1) is 0 Å². The van der Waals surface area contributed by atoms with Gasteiger partial charge >= 0.3 is 0 Å². The number of rotatable bonds is 5. The van der Waals surface area contributed by atoms with Crippen molar-refractivity contribution in [3.8, 4) is 5.75 Å². The van der Waals surface area contributed by atoms with Crippen LogP contribution in [0.2, 0.25) is 0 Å². The van der Waals surface area contributed by atoms with E-state index in [-0.39, 0.29) is 11.7 Å². The molecular weight excluding hydrogens is 200 g/mol. The maximum atomic E-state index is 11.1. The molecule has 1 N–H and O–H groups in total. The van der Waals surface area contributed by atoms with E-state index in [9.17, 15) is 4.79 Å². The molecule has 0 unspecified atom stereocenters. The van der Waals surface area contributed by atoms with Crippen LogP contribution in [-0.4, -0.2) is 10.9 Å². The maximum absolute atomic E-state index is 11.1. The molecule has 2 atom stereocenters. The quantitative estimate of drug-likeness (QED) is 0.827. The van der Waals surface area contributed by atoms with Crippen molar-refractivity contribution < 1.29 is 9.90 Å². The van der Waals surface area contributed by atoms with Gasteiger partial charge in [0, 0.05) is 5.92 Å². The molecule has 0 bridgehead atoms. The second-order valence-corrected chi connectivity index (χ2v) is 4.72. The number of aromatic hydroxyl groups is 1. The van der Waals surface area contributed by atoms with E-state index in [4.69, 9.17) is 5.11 Å². The third kappa shape index (κ3) is 4.05. The van der Waals surface area contributed by atoms with Gasteiger partial charge in [-0.05, 0) is 43.4 Å². The number of phenols is 1. The summed E-state index contributed by atoms with van der Waals surface area (Å²) in [6.45, 7) is 5.79. The molecule has 0 aliphatic carbocycles. The Labute approximate surface area is 97.3 Å². The molecule has 0 fully saturated rings. The van der Waals surface area contributed by atoms with Crippen molar-refractivity contribution >= 4 is 5.78 Å². The van der Waals surface area contributed by atoms with E-state index in [2.05, 4.69) is 6.92 Å². The summed E-state index contributed by atoms with van der Waals surface area (Å²) in [5, 5.41) is 9.16. The number of ketones is 1. The van der Waals surface area contributed by atoms with Gasteiger partial charge in [0.2, 0.25) is 0 Å². The average Bonchev–Trinajstić information content (AvgIpc) is 2.21. The lowest BCUT2D eigenvalue weighted by Crippen LogP contribution is -2.12. The normalized spacial score (nSPS) is 14.4. The van der Waals surface area contributed by atoms with Gasteiger partial charge in [-0.1, -0.05) is 26.0 Å². The fourth-order valence-corrected chi connectivity index (χ4v) is 1.89. The molecule has 0 saturated heterocycles. The van der Waals surface area contributed by atoms with Crippen LogP contribution in [0.4, 0.5) is 0 Å². The molecule has 0 heterocycles.